The Balaban J connectivity index is 2.08. The van der Waals surface area contributed by atoms with E-state index < -0.39 is 17.3 Å². The Kier molecular flexibility index (Phi) is 4.52. The van der Waals surface area contributed by atoms with Gasteiger partial charge in [0, 0.05) is 18.8 Å². The van der Waals surface area contributed by atoms with Gasteiger partial charge < -0.3 is 9.47 Å². The minimum Gasteiger partial charge on any atom is -0.315 e. The van der Waals surface area contributed by atoms with Gasteiger partial charge >= 0.3 is 6.18 Å². The van der Waals surface area contributed by atoms with Crippen LogP contribution >= 0.6 is 0 Å². The fourth-order valence-corrected chi connectivity index (χ4v) is 2.73. The van der Waals surface area contributed by atoms with Crippen molar-refractivity contribution in [1.82, 2.24) is 9.47 Å². The first-order valence-corrected chi connectivity index (χ1v) is 6.86. The van der Waals surface area contributed by atoms with Crippen LogP contribution in [0.15, 0.2) is 23.1 Å². The van der Waals surface area contributed by atoms with Gasteiger partial charge in [-0.05, 0) is 45.0 Å². The quantitative estimate of drug-likeness (QED) is 0.854. The monoisotopic (exact) mass is 288 g/mol. The van der Waals surface area contributed by atoms with Crippen LogP contribution in [0.3, 0.4) is 0 Å². The third-order valence-corrected chi connectivity index (χ3v) is 3.95. The molecule has 0 aliphatic carbocycles. The van der Waals surface area contributed by atoms with E-state index in [4.69, 9.17) is 0 Å². The van der Waals surface area contributed by atoms with E-state index >= 15 is 0 Å². The number of hydrogen-bond donors (Lipinski definition) is 0. The molecule has 112 valence electrons. The summed E-state index contributed by atoms with van der Waals surface area (Å²) in [6, 6.07) is 2.48. The van der Waals surface area contributed by atoms with Crippen molar-refractivity contribution in [3.63, 3.8) is 0 Å². The Labute approximate surface area is 116 Å². The van der Waals surface area contributed by atoms with E-state index in [2.05, 4.69) is 4.90 Å². The number of halogens is 3. The predicted molar refractivity (Wildman–Crippen MR) is 70.6 cm³/mol. The molecule has 1 aliphatic rings. The van der Waals surface area contributed by atoms with Crippen LogP contribution in [-0.4, -0.2) is 29.1 Å². The summed E-state index contributed by atoms with van der Waals surface area (Å²) in [4.78, 5) is 14.0. The maximum Gasteiger partial charge on any atom is 0.421 e. The molecule has 2 heterocycles. The summed E-state index contributed by atoms with van der Waals surface area (Å²) in [5.74, 6) is 0. The Bertz CT molecular complexity index is 510. The number of rotatable bonds is 3. The van der Waals surface area contributed by atoms with Crippen LogP contribution in [-0.2, 0) is 12.7 Å². The zero-order valence-electron chi connectivity index (χ0n) is 11.5. The van der Waals surface area contributed by atoms with Crippen LogP contribution < -0.4 is 5.56 Å². The molecule has 0 radical (unpaired) electrons. The molecule has 0 N–H and O–H groups in total. The fraction of sp³-hybridized carbons (Fsp3) is 0.643. The molecule has 3 nitrogen and oxygen atoms in total. The molecule has 0 amide bonds. The lowest BCUT2D eigenvalue weighted by atomic mass is 10.00. The van der Waals surface area contributed by atoms with Gasteiger partial charge in [-0.25, -0.2) is 0 Å². The summed E-state index contributed by atoms with van der Waals surface area (Å²) in [5, 5.41) is 0. The normalized spacial score (nSPS) is 21.1. The lowest BCUT2D eigenvalue weighted by Crippen LogP contribution is -2.38. The molecule has 0 aromatic carbocycles. The number of likely N-dealkylation sites (tertiary alicyclic amines) is 1. The smallest absolute Gasteiger partial charge is 0.315 e. The number of piperidine rings is 1. The summed E-state index contributed by atoms with van der Waals surface area (Å²) < 4.78 is 39.2. The van der Waals surface area contributed by atoms with Gasteiger partial charge in [0.05, 0.1) is 0 Å². The Morgan fingerprint density at radius 2 is 2.10 bits per heavy atom. The van der Waals surface area contributed by atoms with Crippen molar-refractivity contribution in [1.29, 1.82) is 0 Å². The van der Waals surface area contributed by atoms with Crippen LogP contribution in [0.2, 0.25) is 0 Å². The maximum atomic E-state index is 12.7. The average Bonchev–Trinajstić information content (AvgIpc) is 2.38. The van der Waals surface area contributed by atoms with Crippen molar-refractivity contribution < 1.29 is 13.2 Å². The number of aromatic nitrogens is 1. The second-order valence-corrected chi connectivity index (χ2v) is 5.34. The van der Waals surface area contributed by atoms with E-state index in [1.165, 1.54) is 16.8 Å². The highest BCUT2D eigenvalue weighted by Gasteiger charge is 2.34. The molecule has 1 atom stereocenters. The van der Waals surface area contributed by atoms with Crippen molar-refractivity contribution in [3.05, 3.63) is 34.2 Å². The van der Waals surface area contributed by atoms with Crippen LogP contribution in [0.1, 0.15) is 31.2 Å². The van der Waals surface area contributed by atoms with Gasteiger partial charge in [0.15, 0.2) is 0 Å². The number of pyridine rings is 1. The van der Waals surface area contributed by atoms with Gasteiger partial charge in [-0.1, -0.05) is 6.42 Å². The van der Waals surface area contributed by atoms with E-state index in [9.17, 15) is 18.0 Å². The number of aryl methyl sites for hydroxylation is 1. The van der Waals surface area contributed by atoms with E-state index in [0.29, 0.717) is 19.0 Å². The maximum absolute atomic E-state index is 12.7. The molecule has 20 heavy (non-hydrogen) atoms. The number of nitrogens with zero attached hydrogens (tertiary/aromatic N) is 2. The van der Waals surface area contributed by atoms with Crippen molar-refractivity contribution in [2.24, 2.45) is 0 Å². The standard InChI is InChI=1S/C14H19F3N2O/c1-18-8-3-2-5-11(18)7-10-19-9-4-6-12(13(19)20)14(15,16)17/h4,6,9,11H,2-3,5,7-8,10H2,1H3. The van der Waals surface area contributed by atoms with Crippen LogP contribution in [0.4, 0.5) is 13.2 Å². The minimum absolute atomic E-state index is 0.331. The summed E-state index contributed by atoms with van der Waals surface area (Å²) >= 11 is 0. The van der Waals surface area contributed by atoms with Gasteiger partial charge in [-0.3, -0.25) is 4.79 Å². The van der Waals surface area contributed by atoms with Gasteiger partial charge in [-0.15, -0.1) is 0 Å². The third kappa shape index (κ3) is 3.42. The van der Waals surface area contributed by atoms with Crippen molar-refractivity contribution in [2.75, 3.05) is 13.6 Å². The number of hydrogen-bond acceptors (Lipinski definition) is 2. The average molecular weight is 288 g/mol. The molecule has 1 saturated heterocycles. The summed E-state index contributed by atoms with van der Waals surface area (Å²) in [5.41, 5.74) is -2.03. The molecule has 0 saturated carbocycles. The van der Waals surface area contributed by atoms with Crippen molar-refractivity contribution >= 4 is 0 Å². The summed E-state index contributed by atoms with van der Waals surface area (Å²) in [7, 11) is 2.03. The van der Waals surface area contributed by atoms with Crippen molar-refractivity contribution in [3.8, 4) is 0 Å². The third-order valence-electron chi connectivity index (χ3n) is 3.95. The SMILES string of the molecule is CN1CCCCC1CCn1cccc(C(F)(F)F)c1=O. The van der Waals surface area contributed by atoms with Gasteiger partial charge in [0.2, 0.25) is 0 Å². The lowest BCUT2D eigenvalue weighted by Gasteiger charge is -2.32. The predicted octanol–water partition coefficient (Wildman–Crippen LogP) is 2.74. The van der Waals surface area contributed by atoms with Crippen LogP contribution in [0, 0.1) is 0 Å². The molecule has 6 heteroatoms. The second-order valence-electron chi connectivity index (χ2n) is 5.34. The van der Waals surface area contributed by atoms with E-state index in [1.807, 2.05) is 7.05 Å². The largest absolute Gasteiger partial charge is 0.421 e. The molecule has 1 aromatic rings. The number of alkyl halides is 3. The van der Waals surface area contributed by atoms with E-state index in [1.54, 1.807) is 0 Å². The minimum atomic E-state index is -4.58. The van der Waals surface area contributed by atoms with Gasteiger partial charge in [0.25, 0.3) is 5.56 Å². The first-order chi connectivity index (χ1) is 9.39. The lowest BCUT2D eigenvalue weighted by molar-refractivity contribution is -0.139. The fourth-order valence-electron chi connectivity index (χ4n) is 2.73. The molecular formula is C14H19F3N2O. The van der Waals surface area contributed by atoms with Crippen LogP contribution in [0.25, 0.3) is 0 Å². The van der Waals surface area contributed by atoms with E-state index in [0.717, 1.165) is 31.9 Å². The molecule has 1 aromatic heterocycles. The molecule has 1 aliphatic heterocycles. The highest BCUT2D eigenvalue weighted by Crippen LogP contribution is 2.26. The van der Waals surface area contributed by atoms with Crippen molar-refractivity contribution in [2.45, 2.75) is 44.4 Å². The Hall–Kier alpha value is -1.30. The zero-order valence-corrected chi connectivity index (χ0v) is 11.5. The first kappa shape index (κ1) is 15.1. The topological polar surface area (TPSA) is 25.2 Å². The molecular weight excluding hydrogens is 269 g/mol. The Morgan fingerprint density at radius 1 is 1.35 bits per heavy atom. The van der Waals surface area contributed by atoms with Crippen LogP contribution in [0.5, 0.6) is 0 Å². The molecule has 0 bridgehead atoms. The van der Waals surface area contributed by atoms with Gasteiger partial charge in [-0.2, -0.15) is 13.2 Å². The molecule has 1 fully saturated rings. The first-order valence-electron chi connectivity index (χ1n) is 6.86. The zero-order chi connectivity index (χ0) is 14.8. The van der Waals surface area contributed by atoms with Gasteiger partial charge in [0.1, 0.15) is 5.56 Å². The highest BCUT2D eigenvalue weighted by atomic mass is 19.4. The molecule has 1 unspecified atom stereocenters. The molecule has 2 rings (SSSR count). The highest BCUT2D eigenvalue weighted by molar-refractivity contribution is 5.13. The summed E-state index contributed by atoms with van der Waals surface area (Å²) in [6.07, 6.45) is 0.910. The van der Waals surface area contributed by atoms with E-state index in [-0.39, 0.29) is 0 Å². The summed E-state index contributed by atoms with van der Waals surface area (Å²) in [6.45, 7) is 1.35. The molecule has 0 spiro atoms. The second kappa shape index (κ2) is 5.99. The Morgan fingerprint density at radius 3 is 2.75 bits per heavy atom.